The first-order valence-corrected chi connectivity index (χ1v) is 6.16. The quantitative estimate of drug-likeness (QED) is 0.804. The third-order valence-electron chi connectivity index (χ3n) is 3.17. The molecular formula is C15H11FN2O3. The van der Waals surface area contributed by atoms with Crippen LogP contribution in [0.15, 0.2) is 42.6 Å². The van der Waals surface area contributed by atoms with Crippen LogP contribution in [-0.2, 0) is 0 Å². The van der Waals surface area contributed by atoms with Crippen LogP contribution in [0.2, 0.25) is 0 Å². The molecule has 106 valence electrons. The highest BCUT2D eigenvalue weighted by Crippen LogP contribution is 2.28. The maximum atomic E-state index is 13.0. The standard InChI is InChI=1S/C15H11FN2O3/c1-21-11-6-7-18-12(8-11)13(15(19)20)14(17-18)9-2-4-10(16)5-3-9/h2-8H,1H3,(H,19,20). The summed E-state index contributed by atoms with van der Waals surface area (Å²) in [6.07, 6.45) is 1.62. The maximum Gasteiger partial charge on any atom is 0.340 e. The van der Waals surface area contributed by atoms with E-state index in [-0.39, 0.29) is 17.1 Å². The molecule has 2 aromatic heterocycles. The van der Waals surface area contributed by atoms with Gasteiger partial charge < -0.3 is 9.84 Å². The molecule has 0 saturated carbocycles. The largest absolute Gasteiger partial charge is 0.497 e. The predicted octanol–water partition coefficient (Wildman–Crippen LogP) is 2.85. The Labute approximate surface area is 119 Å². The SMILES string of the molecule is COc1ccn2nc(-c3ccc(F)cc3)c(C(=O)O)c2c1. The number of methoxy groups -OCH3 is 1. The molecule has 0 spiro atoms. The van der Waals surface area contributed by atoms with Gasteiger partial charge in [-0.15, -0.1) is 0 Å². The lowest BCUT2D eigenvalue weighted by Crippen LogP contribution is -1.98. The number of aromatic nitrogens is 2. The summed E-state index contributed by atoms with van der Waals surface area (Å²) >= 11 is 0. The lowest BCUT2D eigenvalue weighted by molar-refractivity contribution is 0.0700. The lowest BCUT2D eigenvalue weighted by atomic mass is 10.1. The highest BCUT2D eigenvalue weighted by molar-refractivity contribution is 6.02. The number of carboxylic acids is 1. The first-order valence-electron chi connectivity index (χ1n) is 6.16. The minimum atomic E-state index is -1.10. The Balaban J connectivity index is 2.29. The monoisotopic (exact) mass is 286 g/mol. The van der Waals surface area contributed by atoms with E-state index in [1.54, 1.807) is 18.3 Å². The molecule has 0 aliphatic rings. The van der Waals surface area contributed by atoms with Gasteiger partial charge in [-0.2, -0.15) is 5.10 Å². The third-order valence-corrected chi connectivity index (χ3v) is 3.17. The van der Waals surface area contributed by atoms with Gasteiger partial charge in [0, 0.05) is 17.8 Å². The number of nitrogens with zero attached hydrogens (tertiary/aromatic N) is 2. The Hall–Kier alpha value is -2.89. The molecule has 0 amide bonds. The van der Waals surface area contributed by atoms with Crippen molar-refractivity contribution < 1.29 is 19.0 Å². The van der Waals surface area contributed by atoms with E-state index < -0.39 is 5.97 Å². The van der Waals surface area contributed by atoms with Crippen molar-refractivity contribution in [3.63, 3.8) is 0 Å². The molecule has 3 aromatic rings. The predicted molar refractivity (Wildman–Crippen MR) is 74.1 cm³/mol. The van der Waals surface area contributed by atoms with Gasteiger partial charge in [-0.3, -0.25) is 0 Å². The highest BCUT2D eigenvalue weighted by atomic mass is 19.1. The van der Waals surface area contributed by atoms with Crippen LogP contribution in [0.25, 0.3) is 16.8 Å². The Kier molecular flexibility index (Phi) is 3.06. The number of rotatable bonds is 3. The second-order valence-corrected chi connectivity index (χ2v) is 4.43. The average molecular weight is 286 g/mol. The summed E-state index contributed by atoms with van der Waals surface area (Å²) in [5.41, 5.74) is 1.30. The van der Waals surface area contributed by atoms with Gasteiger partial charge in [-0.05, 0) is 30.3 Å². The first kappa shape index (κ1) is 13.1. The fourth-order valence-corrected chi connectivity index (χ4v) is 2.17. The Morgan fingerprint density at radius 1 is 1.29 bits per heavy atom. The van der Waals surface area contributed by atoms with E-state index in [9.17, 15) is 14.3 Å². The topological polar surface area (TPSA) is 63.8 Å². The van der Waals surface area contributed by atoms with Crippen molar-refractivity contribution in [2.75, 3.05) is 7.11 Å². The molecule has 1 aromatic carbocycles. The normalized spacial score (nSPS) is 10.8. The zero-order chi connectivity index (χ0) is 15.0. The Bertz CT molecular complexity index is 825. The molecule has 0 atom stereocenters. The second kappa shape index (κ2) is 4.90. The number of ether oxygens (including phenoxy) is 1. The molecule has 0 aliphatic carbocycles. The van der Waals surface area contributed by atoms with Crippen LogP contribution in [0.4, 0.5) is 4.39 Å². The van der Waals surface area contributed by atoms with Gasteiger partial charge in [0.15, 0.2) is 0 Å². The fourth-order valence-electron chi connectivity index (χ4n) is 2.17. The number of pyridine rings is 1. The smallest absolute Gasteiger partial charge is 0.340 e. The molecule has 1 N–H and O–H groups in total. The molecule has 0 fully saturated rings. The number of halogens is 1. The van der Waals surface area contributed by atoms with Crippen LogP contribution in [0.1, 0.15) is 10.4 Å². The van der Waals surface area contributed by atoms with E-state index in [1.165, 1.54) is 35.9 Å². The van der Waals surface area contributed by atoms with Crippen LogP contribution < -0.4 is 4.74 Å². The second-order valence-electron chi connectivity index (χ2n) is 4.43. The van der Waals surface area contributed by atoms with Crippen LogP contribution in [0.5, 0.6) is 5.75 Å². The van der Waals surface area contributed by atoms with Gasteiger partial charge in [0.1, 0.15) is 22.8 Å². The van der Waals surface area contributed by atoms with E-state index in [0.717, 1.165) is 0 Å². The molecule has 0 saturated heterocycles. The zero-order valence-corrected chi connectivity index (χ0v) is 11.1. The van der Waals surface area contributed by atoms with E-state index in [2.05, 4.69) is 5.10 Å². The van der Waals surface area contributed by atoms with Crippen molar-refractivity contribution in [1.29, 1.82) is 0 Å². The molecule has 0 aliphatic heterocycles. The zero-order valence-electron chi connectivity index (χ0n) is 11.1. The highest BCUT2D eigenvalue weighted by Gasteiger charge is 2.20. The van der Waals surface area contributed by atoms with Crippen molar-refractivity contribution in [3.8, 4) is 17.0 Å². The van der Waals surface area contributed by atoms with Gasteiger partial charge in [-0.1, -0.05) is 0 Å². The number of benzene rings is 1. The van der Waals surface area contributed by atoms with Gasteiger partial charge in [-0.25, -0.2) is 13.7 Å². The van der Waals surface area contributed by atoms with Gasteiger partial charge in [0.25, 0.3) is 0 Å². The van der Waals surface area contributed by atoms with E-state index in [4.69, 9.17) is 4.74 Å². The van der Waals surface area contributed by atoms with Crippen LogP contribution >= 0.6 is 0 Å². The third kappa shape index (κ3) is 2.20. The molecule has 0 radical (unpaired) electrons. The molecule has 21 heavy (non-hydrogen) atoms. The number of fused-ring (bicyclic) bond motifs is 1. The van der Waals surface area contributed by atoms with Crippen molar-refractivity contribution in [3.05, 3.63) is 54.0 Å². The maximum absolute atomic E-state index is 13.0. The summed E-state index contributed by atoms with van der Waals surface area (Å²) < 4.78 is 19.6. The molecule has 5 nitrogen and oxygen atoms in total. The van der Waals surface area contributed by atoms with Crippen molar-refractivity contribution >= 4 is 11.5 Å². The summed E-state index contributed by atoms with van der Waals surface area (Å²) in [6, 6.07) is 8.82. The molecule has 0 bridgehead atoms. The molecular weight excluding hydrogens is 275 g/mol. The molecule has 6 heteroatoms. The minimum absolute atomic E-state index is 0.0560. The summed E-state index contributed by atoms with van der Waals surface area (Å²) in [6.45, 7) is 0. The number of carboxylic acid groups (broad SMARTS) is 1. The summed E-state index contributed by atoms with van der Waals surface area (Å²) in [5, 5.41) is 13.7. The lowest BCUT2D eigenvalue weighted by Gasteiger charge is -2.00. The molecule has 0 unspecified atom stereocenters. The van der Waals surface area contributed by atoms with Gasteiger partial charge >= 0.3 is 5.97 Å². The van der Waals surface area contributed by atoms with E-state index >= 15 is 0 Å². The summed E-state index contributed by atoms with van der Waals surface area (Å²) in [5.74, 6) is -0.950. The molecule has 3 rings (SSSR count). The fraction of sp³-hybridized carbons (Fsp3) is 0.0667. The molecule has 2 heterocycles. The van der Waals surface area contributed by atoms with Crippen molar-refractivity contribution in [2.45, 2.75) is 0 Å². The average Bonchev–Trinajstić information content (AvgIpc) is 2.86. The van der Waals surface area contributed by atoms with Gasteiger partial charge in [0.05, 0.1) is 12.6 Å². The van der Waals surface area contributed by atoms with E-state index in [1.807, 2.05) is 0 Å². The number of hydrogen-bond donors (Lipinski definition) is 1. The van der Waals surface area contributed by atoms with Crippen molar-refractivity contribution in [2.24, 2.45) is 0 Å². The van der Waals surface area contributed by atoms with Crippen LogP contribution in [-0.4, -0.2) is 27.8 Å². The van der Waals surface area contributed by atoms with Crippen molar-refractivity contribution in [1.82, 2.24) is 9.61 Å². The minimum Gasteiger partial charge on any atom is -0.497 e. The van der Waals surface area contributed by atoms with Gasteiger partial charge in [0.2, 0.25) is 0 Å². The number of hydrogen-bond acceptors (Lipinski definition) is 3. The van der Waals surface area contributed by atoms with Crippen LogP contribution in [0.3, 0.4) is 0 Å². The van der Waals surface area contributed by atoms with E-state index in [0.29, 0.717) is 16.8 Å². The summed E-state index contributed by atoms with van der Waals surface area (Å²) in [4.78, 5) is 11.6. The van der Waals surface area contributed by atoms with Crippen LogP contribution in [0, 0.1) is 5.82 Å². The Morgan fingerprint density at radius 3 is 2.62 bits per heavy atom. The Morgan fingerprint density at radius 2 is 2.00 bits per heavy atom. The number of carbonyl (C=O) groups is 1. The summed E-state index contributed by atoms with van der Waals surface area (Å²) in [7, 11) is 1.50. The number of aromatic carboxylic acids is 1. The first-order chi connectivity index (χ1) is 10.1.